The maximum atomic E-state index is 5.70. The van der Waals surface area contributed by atoms with Gasteiger partial charge in [0.15, 0.2) is 10.8 Å². The van der Waals surface area contributed by atoms with Gasteiger partial charge in [-0.2, -0.15) is 0 Å². The Labute approximate surface area is 167 Å². The Balaban J connectivity index is 1.24. The van der Waals surface area contributed by atoms with E-state index in [1.807, 2.05) is 19.1 Å². The zero-order chi connectivity index (χ0) is 18.6. The lowest BCUT2D eigenvalue weighted by atomic mass is 10.0. The Kier molecular flexibility index (Phi) is 6.28. The van der Waals surface area contributed by atoms with Gasteiger partial charge >= 0.3 is 0 Å². The molecule has 4 heterocycles. The average Bonchev–Trinajstić information content (AvgIpc) is 3.32. The summed E-state index contributed by atoms with van der Waals surface area (Å²) in [7, 11) is 0. The molecule has 5 nitrogen and oxygen atoms in total. The Morgan fingerprint density at radius 2 is 1.85 bits per heavy atom. The molecular formula is C21H32N4OS. The van der Waals surface area contributed by atoms with E-state index in [0.29, 0.717) is 0 Å². The van der Waals surface area contributed by atoms with Crippen molar-refractivity contribution in [3.05, 3.63) is 29.0 Å². The standard InChI is InChI=1S/C21H32N4OS/c1-3-8-23-9-6-19(7-10-23)25-13-11-24(12-14-25)15-18-16-27-21(22-18)20-5-4-17(2)26-20/h4-5,16,19H,3,6-15H2,1-2H3. The summed E-state index contributed by atoms with van der Waals surface area (Å²) in [5, 5.41) is 3.18. The van der Waals surface area contributed by atoms with Crippen molar-refractivity contribution in [3.8, 4) is 10.8 Å². The highest BCUT2D eigenvalue weighted by Crippen LogP contribution is 2.26. The molecule has 6 heteroatoms. The Bertz CT molecular complexity index is 711. The molecule has 2 aromatic heterocycles. The van der Waals surface area contributed by atoms with Gasteiger partial charge in [0.1, 0.15) is 5.76 Å². The van der Waals surface area contributed by atoms with Crippen molar-refractivity contribution in [2.45, 2.75) is 45.7 Å². The van der Waals surface area contributed by atoms with Gasteiger partial charge in [0.25, 0.3) is 0 Å². The van der Waals surface area contributed by atoms with Crippen molar-refractivity contribution >= 4 is 11.3 Å². The normalized spacial score (nSPS) is 21.1. The van der Waals surface area contributed by atoms with Crippen LogP contribution in [0, 0.1) is 6.92 Å². The summed E-state index contributed by atoms with van der Waals surface area (Å²) in [6, 6.07) is 4.82. The molecule has 2 saturated heterocycles. The number of hydrogen-bond acceptors (Lipinski definition) is 6. The van der Waals surface area contributed by atoms with Crippen LogP contribution in [0.3, 0.4) is 0 Å². The van der Waals surface area contributed by atoms with Gasteiger partial charge in [-0.1, -0.05) is 6.92 Å². The summed E-state index contributed by atoms with van der Waals surface area (Å²) in [5.41, 5.74) is 1.17. The molecule has 27 heavy (non-hydrogen) atoms. The first-order chi connectivity index (χ1) is 13.2. The van der Waals surface area contributed by atoms with Crippen LogP contribution < -0.4 is 0 Å². The predicted octanol–water partition coefficient (Wildman–Crippen LogP) is 3.70. The fraction of sp³-hybridized carbons (Fsp3) is 0.667. The first-order valence-electron chi connectivity index (χ1n) is 10.4. The second kappa shape index (κ2) is 8.86. The number of rotatable bonds is 6. The highest BCUT2D eigenvalue weighted by atomic mass is 32.1. The van der Waals surface area contributed by atoms with Crippen LogP contribution in [-0.4, -0.2) is 71.5 Å². The van der Waals surface area contributed by atoms with E-state index in [4.69, 9.17) is 9.40 Å². The number of nitrogens with zero attached hydrogens (tertiary/aromatic N) is 4. The summed E-state index contributed by atoms with van der Waals surface area (Å²) in [5.74, 6) is 1.83. The molecule has 0 amide bonds. The maximum Gasteiger partial charge on any atom is 0.162 e. The van der Waals surface area contributed by atoms with E-state index < -0.39 is 0 Å². The summed E-state index contributed by atoms with van der Waals surface area (Å²) in [4.78, 5) is 12.7. The van der Waals surface area contributed by atoms with E-state index in [9.17, 15) is 0 Å². The number of piperazine rings is 1. The highest BCUT2D eigenvalue weighted by Gasteiger charge is 2.27. The topological polar surface area (TPSA) is 35.8 Å². The number of aryl methyl sites for hydroxylation is 1. The lowest BCUT2D eigenvalue weighted by Gasteiger charge is -2.42. The van der Waals surface area contributed by atoms with Gasteiger partial charge in [0.05, 0.1) is 5.69 Å². The minimum Gasteiger partial charge on any atom is -0.459 e. The summed E-state index contributed by atoms with van der Waals surface area (Å²) >= 11 is 1.69. The molecule has 4 rings (SSSR count). The van der Waals surface area contributed by atoms with Crippen LogP contribution in [0.2, 0.25) is 0 Å². The van der Waals surface area contributed by atoms with Crippen molar-refractivity contribution in [1.29, 1.82) is 0 Å². The third-order valence-electron chi connectivity index (χ3n) is 5.91. The SMILES string of the molecule is CCCN1CCC(N2CCN(Cc3csc(-c4ccc(C)o4)n3)CC2)CC1. The smallest absolute Gasteiger partial charge is 0.162 e. The maximum absolute atomic E-state index is 5.70. The van der Waals surface area contributed by atoms with Gasteiger partial charge < -0.3 is 9.32 Å². The number of hydrogen-bond donors (Lipinski definition) is 0. The first-order valence-corrected chi connectivity index (χ1v) is 11.3. The molecule has 0 unspecified atom stereocenters. The summed E-state index contributed by atoms with van der Waals surface area (Å²) in [6.45, 7) is 13.8. The molecule has 0 atom stereocenters. The molecule has 0 aromatic carbocycles. The third-order valence-corrected chi connectivity index (χ3v) is 6.81. The minimum atomic E-state index is 0.799. The number of likely N-dealkylation sites (tertiary alicyclic amines) is 1. The van der Waals surface area contributed by atoms with E-state index >= 15 is 0 Å². The van der Waals surface area contributed by atoms with Crippen molar-refractivity contribution in [2.75, 3.05) is 45.8 Å². The summed E-state index contributed by atoms with van der Waals surface area (Å²) in [6.07, 6.45) is 3.97. The summed E-state index contributed by atoms with van der Waals surface area (Å²) < 4.78 is 5.70. The molecule has 0 aliphatic carbocycles. The van der Waals surface area contributed by atoms with Crippen LogP contribution in [0.5, 0.6) is 0 Å². The molecule has 0 saturated carbocycles. The largest absolute Gasteiger partial charge is 0.459 e. The molecule has 0 N–H and O–H groups in total. The van der Waals surface area contributed by atoms with E-state index in [1.165, 1.54) is 57.7 Å². The fourth-order valence-electron chi connectivity index (χ4n) is 4.38. The van der Waals surface area contributed by atoms with Gasteiger partial charge in [0, 0.05) is 44.1 Å². The molecule has 0 bridgehead atoms. The van der Waals surface area contributed by atoms with Gasteiger partial charge in [-0.15, -0.1) is 11.3 Å². The minimum absolute atomic E-state index is 0.799. The number of furan rings is 1. The molecule has 148 valence electrons. The van der Waals surface area contributed by atoms with Crippen LogP contribution in [0.4, 0.5) is 0 Å². The molecule has 2 aromatic rings. The molecule has 0 spiro atoms. The lowest BCUT2D eigenvalue weighted by Crippen LogP contribution is -2.53. The van der Waals surface area contributed by atoms with Crippen LogP contribution >= 0.6 is 11.3 Å². The Morgan fingerprint density at radius 1 is 1.07 bits per heavy atom. The Morgan fingerprint density at radius 3 is 2.52 bits per heavy atom. The molecular weight excluding hydrogens is 356 g/mol. The van der Waals surface area contributed by atoms with E-state index in [1.54, 1.807) is 11.3 Å². The van der Waals surface area contributed by atoms with Gasteiger partial charge in [0.2, 0.25) is 0 Å². The zero-order valence-corrected chi connectivity index (χ0v) is 17.5. The molecule has 2 aliphatic rings. The van der Waals surface area contributed by atoms with Gasteiger partial charge in [-0.3, -0.25) is 9.80 Å². The predicted molar refractivity (Wildman–Crippen MR) is 111 cm³/mol. The van der Waals surface area contributed by atoms with Crippen molar-refractivity contribution < 1.29 is 4.42 Å². The van der Waals surface area contributed by atoms with Crippen LogP contribution in [0.1, 0.15) is 37.6 Å². The van der Waals surface area contributed by atoms with Crippen LogP contribution in [0.25, 0.3) is 10.8 Å². The van der Waals surface area contributed by atoms with E-state index in [0.717, 1.165) is 42.2 Å². The lowest BCUT2D eigenvalue weighted by molar-refractivity contribution is 0.0564. The number of aromatic nitrogens is 1. The molecule has 2 fully saturated rings. The van der Waals surface area contributed by atoms with Crippen molar-refractivity contribution in [3.63, 3.8) is 0 Å². The molecule has 0 radical (unpaired) electrons. The van der Waals surface area contributed by atoms with Crippen molar-refractivity contribution in [1.82, 2.24) is 19.7 Å². The fourth-order valence-corrected chi connectivity index (χ4v) is 5.15. The van der Waals surface area contributed by atoms with Gasteiger partial charge in [-0.05, 0) is 58.0 Å². The third kappa shape index (κ3) is 4.80. The van der Waals surface area contributed by atoms with E-state index in [2.05, 4.69) is 27.0 Å². The van der Waals surface area contributed by atoms with Crippen LogP contribution in [0.15, 0.2) is 21.9 Å². The Hall–Kier alpha value is -1.21. The number of thiazole rings is 1. The number of piperidine rings is 1. The second-order valence-electron chi connectivity index (χ2n) is 7.94. The molecule has 2 aliphatic heterocycles. The van der Waals surface area contributed by atoms with Crippen molar-refractivity contribution in [2.24, 2.45) is 0 Å². The highest BCUT2D eigenvalue weighted by molar-refractivity contribution is 7.13. The van der Waals surface area contributed by atoms with Gasteiger partial charge in [-0.25, -0.2) is 4.98 Å². The quantitative estimate of drug-likeness (QED) is 0.754. The zero-order valence-electron chi connectivity index (χ0n) is 16.7. The second-order valence-corrected chi connectivity index (χ2v) is 8.80. The monoisotopic (exact) mass is 388 g/mol. The average molecular weight is 389 g/mol. The van der Waals surface area contributed by atoms with E-state index in [-0.39, 0.29) is 0 Å². The first kappa shape index (κ1) is 19.1. The van der Waals surface area contributed by atoms with Crippen LogP contribution in [-0.2, 0) is 6.54 Å².